The Morgan fingerprint density at radius 1 is 1.53 bits per heavy atom. The maximum absolute atomic E-state index is 5.53. The molecule has 0 radical (unpaired) electrons. The summed E-state index contributed by atoms with van der Waals surface area (Å²) >= 11 is 0. The van der Waals surface area contributed by atoms with Crippen molar-refractivity contribution in [3.63, 3.8) is 0 Å². The first-order valence-electron chi connectivity index (χ1n) is 5.19. The van der Waals surface area contributed by atoms with Crippen LogP contribution in [0.1, 0.15) is 5.56 Å². The average Bonchev–Trinajstić information content (AvgIpc) is 2.90. The van der Waals surface area contributed by atoms with Crippen LogP contribution in [0, 0.1) is 0 Å². The van der Waals surface area contributed by atoms with Gasteiger partial charge < -0.3 is 11.1 Å². The summed E-state index contributed by atoms with van der Waals surface area (Å²) in [7, 11) is 1.64. The number of pyridine rings is 1. The number of nitrogens with zero attached hydrogens (tertiary/aromatic N) is 4. The van der Waals surface area contributed by atoms with E-state index in [0.717, 1.165) is 11.4 Å². The van der Waals surface area contributed by atoms with E-state index in [9.17, 15) is 0 Å². The van der Waals surface area contributed by atoms with Crippen molar-refractivity contribution < 1.29 is 0 Å². The molecule has 17 heavy (non-hydrogen) atoms. The Hall–Kier alpha value is -2.37. The summed E-state index contributed by atoms with van der Waals surface area (Å²) in [5.74, 6) is 1.26. The standard InChI is InChI=1S/C11H14N6/c1-13-11(12)16-7-9-2-3-10(15-6-9)17-5-4-14-8-17/h2-6,8H,7H2,1H3,(H3,12,13,16). The lowest BCUT2D eigenvalue weighted by molar-refractivity contribution is 0.885. The van der Waals surface area contributed by atoms with Crippen LogP contribution in [0.5, 0.6) is 0 Å². The summed E-state index contributed by atoms with van der Waals surface area (Å²) in [5.41, 5.74) is 6.58. The normalized spacial score (nSPS) is 11.5. The van der Waals surface area contributed by atoms with Crippen molar-refractivity contribution in [3.05, 3.63) is 42.6 Å². The Labute approximate surface area is 99.2 Å². The average molecular weight is 230 g/mol. The highest BCUT2D eigenvalue weighted by molar-refractivity contribution is 5.77. The van der Waals surface area contributed by atoms with Crippen molar-refractivity contribution in [1.82, 2.24) is 19.9 Å². The highest BCUT2D eigenvalue weighted by Crippen LogP contribution is 2.04. The third kappa shape index (κ3) is 2.81. The number of aliphatic imine (C=N–C) groups is 1. The van der Waals surface area contributed by atoms with E-state index >= 15 is 0 Å². The number of imidazole rings is 1. The van der Waals surface area contributed by atoms with E-state index in [1.54, 1.807) is 25.8 Å². The molecule has 0 fully saturated rings. The van der Waals surface area contributed by atoms with Crippen LogP contribution in [-0.2, 0) is 6.54 Å². The number of rotatable bonds is 3. The van der Waals surface area contributed by atoms with E-state index in [2.05, 4.69) is 20.3 Å². The fraction of sp³-hybridized carbons (Fsp3) is 0.182. The highest BCUT2D eigenvalue weighted by atomic mass is 15.1. The molecule has 0 bridgehead atoms. The lowest BCUT2D eigenvalue weighted by Gasteiger charge is -2.05. The second-order valence-electron chi connectivity index (χ2n) is 3.46. The topological polar surface area (TPSA) is 81.1 Å². The molecule has 6 heteroatoms. The molecule has 0 unspecified atom stereocenters. The van der Waals surface area contributed by atoms with E-state index in [1.165, 1.54) is 0 Å². The molecule has 0 spiro atoms. The van der Waals surface area contributed by atoms with Gasteiger partial charge in [0.25, 0.3) is 0 Å². The molecule has 6 nitrogen and oxygen atoms in total. The van der Waals surface area contributed by atoms with Gasteiger partial charge in [-0.3, -0.25) is 9.56 Å². The van der Waals surface area contributed by atoms with Crippen LogP contribution in [0.2, 0.25) is 0 Å². The van der Waals surface area contributed by atoms with Crippen LogP contribution in [0.4, 0.5) is 0 Å². The summed E-state index contributed by atoms with van der Waals surface area (Å²) in [6.07, 6.45) is 7.07. The summed E-state index contributed by atoms with van der Waals surface area (Å²) in [5, 5.41) is 2.97. The second-order valence-corrected chi connectivity index (χ2v) is 3.46. The SMILES string of the molecule is CN=C(N)NCc1ccc(-n2ccnc2)nc1. The van der Waals surface area contributed by atoms with Gasteiger partial charge in [0.1, 0.15) is 12.1 Å². The van der Waals surface area contributed by atoms with Crippen LogP contribution in [0.25, 0.3) is 5.82 Å². The molecule has 0 aromatic carbocycles. The van der Waals surface area contributed by atoms with Crippen molar-refractivity contribution in [2.75, 3.05) is 7.05 Å². The minimum Gasteiger partial charge on any atom is -0.370 e. The van der Waals surface area contributed by atoms with Crippen molar-refractivity contribution in [2.45, 2.75) is 6.54 Å². The first-order valence-corrected chi connectivity index (χ1v) is 5.19. The Morgan fingerprint density at radius 2 is 2.41 bits per heavy atom. The maximum atomic E-state index is 5.53. The van der Waals surface area contributed by atoms with Gasteiger partial charge in [0.05, 0.1) is 0 Å². The van der Waals surface area contributed by atoms with Gasteiger partial charge in [0.15, 0.2) is 5.96 Å². The van der Waals surface area contributed by atoms with Gasteiger partial charge in [0, 0.05) is 32.2 Å². The Kier molecular flexibility index (Phi) is 3.34. The molecule has 88 valence electrons. The van der Waals surface area contributed by atoms with Crippen molar-refractivity contribution in [2.24, 2.45) is 10.7 Å². The molecular formula is C11H14N6. The molecule has 2 aromatic heterocycles. The molecule has 2 heterocycles. The van der Waals surface area contributed by atoms with E-state index in [1.807, 2.05) is 22.9 Å². The van der Waals surface area contributed by atoms with Gasteiger partial charge in [-0.25, -0.2) is 9.97 Å². The zero-order valence-corrected chi connectivity index (χ0v) is 9.54. The second kappa shape index (κ2) is 5.11. The van der Waals surface area contributed by atoms with Crippen LogP contribution >= 0.6 is 0 Å². The predicted molar refractivity (Wildman–Crippen MR) is 65.7 cm³/mol. The molecule has 0 saturated heterocycles. The molecule has 2 rings (SSSR count). The first-order chi connectivity index (χ1) is 8.29. The Balaban J connectivity index is 2.03. The van der Waals surface area contributed by atoms with Gasteiger partial charge in [-0.2, -0.15) is 0 Å². The molecule has 2 aromatic rings. The van der Waals surface area contributed by atoms with Crippen LogP contribution in [0.3, 0.4) is 0 Å². The van der Waals surface area contributed by atoms with Gasteiger partial charge >= 0.3 is 0 Å². The Morgan fingerprint density at radius 3 is 3.00 bits per heavy atom. The van der Waals surface area contributed by atoms with Crippen molar-refractivity contribution >= 4 is 5.96 Å². The largest absolute Gasteiger partial charge is 0.370 e. The number of nitrogens with one attached hydrogen (secondary N) is 1. The number of hydrogen-bond donors (Lipinski definition) is 2. The molecule has 0 amide bonds. The predicted octanol–water partition coefficient (Wildman–Crippen LogP) is 0.301. The monoisotopic (exact) mass is 230 g/mol. The lowest BCUT2D eigenvalue weighted by atomic mass is 10.3. The van der Waals surface area contributed by atoms with Gasteiger partial charge in [0.2, 0.25) is 0 Å². The summed E-state index contributed by atoms with van der Waals surface area (Å²) in [6, 6.07) is 3.91. The minimum atomic E-state index is 0.420. The molecule has 0 aliphatic heterocycles. The van der Waals surface area contributed by atoms with E-state index in [-0.39, 0.29) is 0 Å². The molecule has 0 saturated carbocycles. The van der Waals surface area contributed by atoms with Crippen LogP contribution < -0.4 is 11.1 Å². The molecule has 0 aliphatic rings. The number of nitrogens with two attached hydrogens (primary N) is 1. The van der Waals surface area contributed by atoms with Gasteiger partial charge in [-0.1, -0.05) is 6.07 Å². The van der Waals surface area contributed by atoms with E-state index < -0.39 is 0 Å². The van der Waals surface area contributed by atoms with Crippen molar-refractivity contribution in [3.8, 4) is 5.82 Å². The third-order valence-corrected chi connectivity index (χ3v) is 2.29. The summed E-state index contributed by atoms with van der Waals surface area (Å²) in [4.78, 5) is 12.1. The smallest absolute Gasteiger partial charge is 0.188 e. The van der Waals surface area contributed by atoms with Gasteiger partial charge in [-0.15, -0.1) is 0 Å². The number of hydrogen-bond acceptors (Lipinski definition) is 3. The minimum absolute atomic E-state index is 0.420. The van der Waals surface area contributed by atoms with Gasteiger partial charge in [-0.05, 0) is 11.6 Å². The summed E-state index contributed by atoms with van der Waals surface area (Å²) in [6.45, 7) is 0.611. The fourth-order valence-corrected chi connectivity index (χ4v) is 1.34. The quantitative estimate of drug-likeness (QED) is 0.587. The fourth-order valence-electron chi connectivity index (χ4n) is 1.34. The molecule has 0 atom stereocenters. The van der Waals surface area contributed by atoms with E-state index in [4.69, 9.17) is 5.73 Å². The number of guanidine groups is 1. The maximum Gasteiger partial charge on any atom is 0.188 e. The first kappa shape index (κ1) is 11.1. The molecule has 3 N–H and O–H groups in total. The van der Waals surface area contributed by atoms with Crippen molar-refractivity contribution in [1.29, 1.82) is 0 Å². The number of aromatic nitrogens is 3. The van der Waals surface area contributed by atoms with Crippen LogP contribution in [0.15, 0.2) is 42.0 Å². The third-order valence-electron chi connectivity index (χ3n) is 2.29. The Bertz CT molecular complexity index is 485. The molecule has 0 aliphatic carbocycles. The lowest BCUT2D eigenvalue weighted by Crippen LogP contribution is -2.30. The van der Waals surface area contributed by atoms with Crippen LogP contribution in [-0.4, -0.2) is 27.5 Å². The zero-order chi connectivity index (χ0) is 12.1. The van der Waals surface area contributed by atoms with E-state index in [0.29, 0.717) is 12.5 Å². The highest BCUT2D eigenvalue weighted by Gasteiger charge is 1.98. The summed E-state index contributed by atoms with van der Waals surface area (Å²) < 4.78 is 1.85. The zero-order valence-electron chi connectivity index (χ0n) is 9.54. The molecular weight excluding hydrogens is 216 g/mol.